The van der Waals surface area contributed by atoms with E-state index in [1.165, 1.54) is 4.68 Å². The van der Waals surface area contributed by atoms with E-state index in [2.05, 4.69) is 10.3 Å². The molecule has 0 amide bonds. The van der Waals surface area contributed by atoms with Crippen molar-refractivity contribution in [3.63, 3.8) is 0 Å². The molecule has 1 N–H and O–H groups in total. The SMILES string of the molecule is Cc1noc(CCS(=O)(=O)O)c1-c1cn(C)nc1C(=O)c1ccc(Cl)cc1. The van der Waals surface area contributed by atoms with Gasteiger partial charge in [0.15, 0.2) is 0 Å². The monoisotopic (exact) mass is 409 g/mol. The smallest absolute Gasteiger partial charge is 0.265 e. The van der Waals surface area contributed by atoms with Crippen LogP contribution >= 0.6 is 11.6 Å². The molecule has 10 heteroatoms. The molecule has 2 aromatic heterocycles. The second-order valence-electron chi connectivity index (χ2n) is 6.00. The summed E-state index contributed by atoms with van der Waals surface area (Å²) in [5.41, 5.74) is 2.04. The Bertz CT molecular complexity index is 1100. The Morgan fingerprint density at radius 1 is 1.30 bits per heavy atom. The van der Waals surface area contributed by atoms with Crippen LogP contribution in [-0.4, -0.2) is 39.4 Å². The third-order valence-corrected chi connectivity index (χ3v) is 4.91. The van der Waals surface area contributed by atoms with E-state index in [0.29, 0.717) is 27.4 Å². The number of hydrogen-bond acceptors (Lipinski definition) is 6. The van der Waals surface area contributed by atoms with E-state index in [1.54, 1.807) is 44.4 Å². The molecule has 27 heavy (non-hydrogen) atoms. The summed E-state index contributed by atoms with van der Waals surface area (Å²) >= 11 is 5.87. The number of carbonyl (C=O) groups is 1. The molecule has 0 unspecified atom stereocenters. The van der Waals surface area contributed by atoms with E-state index in [4.69, 9.17) is 20.7 Å². The Kier molecular flexibility index (Phi) is 5.18. The van der Waals surface area contributed by atoms with Crippen LogP contribution in [-0.2, 0) is 23.6 Å². The highest BCUT2D eigenvalue weighted by atomic mass is 35.5. The van der Waals surface area contributed by atoms with Crippen molar-refractivity contribution in [1.29, 1.82) is 0 Å². The molecule has 3 aromatic rings. The second kappa shape index (κ2) is 7.26. The van der Waals surface area contributed by atoms with E-state index in [-0.39, 0.29) is 23.7 Å². The van der Waals surface area contributed by atoms with Gasteiger partial charge in [0.05, 0.1) is 17.0 Å². The summed E-state index contributed by atoms with van der Waals surface area (Å²) in [4.78, 5) is 12.9. The maximum absolute atomic E-state index is 12.9. The molecule has 0 aliphatic rings. The van der Waals surface area contributed by atoms with E-state index < -0.39 is 15.9 Å². The number of carbonyl (C=O) groups excluding carboxylic acids is 1. The highest BCUT2D eigenvalue weighted by Gasteiger charge is 2.25. The van der Waals surface area contributed by atoms with Gasteiger partial charge in [0.2, 0.25) is 5.78 Å². The van der Waals surface area contributed by atoms with Gasteiger partial charge in [0, 0.05) is 35.8 Å². The van der Waals surface area contributed by atoms with Crippen LogP contribution in [0.5, 0.6) is 0 Å². The highest BCUT2D eigenvalue weighted by Crippen LogP contribution is 2.31. The molecule has 0 aliphatic carbocycles. The van der Waals surface area contributed by atoms with Gasteiger partial charge in [-0.3, -0.25) is 14.0 Å². The molecule has 0 aliphatic heterocycles. The molecule has 0 fully saturated rings. The van der Waals surface area contributed by atoms with E-state index in [9.17, 15) is 13.2 Å². The van der Waals surface area contributed by atoms with E-state index in [1.807, 2.05) is 0 Å². The molecule has 0 spiro atoms. The van der Waals surface area contributed by atoms with Gasteiger partial charge >= 0.3 is 0 Å². The number of aryl methyl sites for hydroxylation is 3. The molecular weight excluding hydrogens is 394 g/mol. The first-order valence-corrected chi connectivity index (χ1v) is 9.89. The lowest BCUT2D eigenvalue weighted by atomic mass is 9.99. The van der Waals surface area contributed by atoms with Crippen molar-refractivity contribution in [2.75, 3.05) is 5.75 Å². The van der Waals surface area contributed by atoms with Gasteiger partial charge in [-0.05, 0) is 31.2 Å². The number of halogens is 1. The number of nitrogens with zero attached hydrogens (tertiary/aromatic N) is 3. The summed E-state index contributed by atoms with van der Waals surface area (Å²) in [5.74, 6) is -0.582. The number of benzene rings is 1. The maximum atomic E-state index is 12.9. The third-order valence-electron chi connectivity index (χ3n) is 3.94. The topological polar surface area (TPSA) is 115 Å². The quantitative estimate of drug-likeness (QED) is 0.491. The number of rotatable bonds is 6. The van der Waals surface area contributed by atoms with Gasteiger partial charge in [-0.2, -0.15) is 13.5 Å². The summed E-state index contributed by atoms with van der Waals surface area (Å²) in [7, 11) is -2.50. The third kappa shape index (κ3) is 4.26. The van der Waals surface area contributed by atoms with E-state index >= 15 is 0 Å². The van der Waals surface area contributed by atoms with Gasteiger partial charge in [0.25, 0.3) is 10.1 Å². The summed E-state index contributed by atoms with van der Waals surface area (Å²) < 4.78 is 37.8. The normalized spacial score (nSPS) is 11.7. The Labute approximate surface area is 160 Å². The number of ketones is 1. The Balaban J connectivity index is 2.05. The highest BCUT2D eigenvalue weighted by molar-refractivity contribution is 7.85. The van der Waals surface area contributed by atoms with Crippen molar-refractivity contribution >= 4 is 27.5 Å². The standard InChI is InChI=1S/C17H16ClN3O5S/c1-10-15(14(26-20-10)7-8-27(23,24)25)13-9-21(2)19-16(13)17(22)11-3-5-12(18)6-4-11/h3-6,9H,7-8H2,1-2H3,(H,23,24,25). The number of hydrogen-bond donors (Lipinski definition) is 1. The summed E-state index contributed by atoms with van der Waals surface area (Å²) in [6.07, 6.45) is 1.55. The van der Waals surface area contributed by atoms with Gasteiger partial charge in [-0.25, -0.2) is 0 Å². The molecule has 142 valence electrons. The molecule has 8 nitrogen and oxygen atoms in total. The molecule has 3 rings (SSSR count). The van der Waals surface area contributed by atoms with Crippen LogP contribution in [0.4, 0.5) is 0 Å². The predicted molar refractivity (Wildman–Crippen MR) is 98.4 cm³/mol. The fourth-order valence-electron chi connectivity index (χ4n) is 2.73. The summed E-state index contributed by atoms with van der Waals surface area (Å²) in [6.45, 7) is 1.68. The average molecular weight is 410 g/mol. The molecule has 1 aromatic carbocycles. The molecule has 0 radical (unpaired) electrons. The number of aromatic nitrogens is 3. The minimum absolute atomic E-state index is 0.0848. The van der Waals surface area contributed by atoms with Gasteiger partial charge in [0.1, 0.15) is 11.5 Å². The Morgan fingerprint density at radius 3 is 2.59 bits per heavy atom. The van der Waals surface area contributed by atoms with E-state index in [0.717, 1.165) is 0 Å². The lowest BCUT2D eigenvalue weighted by Crippen LogP contribution is -2.08. The zero-order chi connectivity index (χ0) is 19.8. The fourth-order valence-corrected chi connectivity index (χ4v) is 3.30. The fraction of sp³-hybridized carbons (Fsp3) is 0.235. The van der Waals surface area contributed by atoms with Crippen molar-refractivity contribution in [2.24, 2.45) is 7.05 Å². The van der Waals surface area contributed by atoms with Gasteiger partial charge < -0.3 is 4.52 Å². The first-order valence-electron chi connectivity index (χ1n) is 7.90. The van der Waals surface area contributed by atoms with Crippen LogP contribution in [0.1, 0.15) is 27.5 Å². The maximum Gasteiger partial charge on any atom is 0.265 e. The van der Waals surface area contributed by atoms with Gasteiger partial charge in [-0.1, -0.05) is 16.8 Å². The lowest BCUT2D eigenvalue weighted by molar-refractivity contribution is 0.103. The summed E-state index contributed by atoms with van der Waals surface area (Å²) in [6, 6.07) is 6.42. The van der Waals surface area contributed by atoms with Crippen molar-refractivity contribution < 1.29 is 22.3 Å². The average Bonchev–Trinajstić information content (AvgIpc) is 3.14. The van der Waals surface area contributed by atoms with Crippen LogP contribution in [0, 0.1) is 6.92 Å². The first kappa shape index (κ1) is 19.3. The van der Waals surface area contributed by atoms with Crippen LogP contribution in [0.2, 0.25) is 5.02 Å². The molecular formula is C17H16ClN3O5S. The largest absolute Gasteiger partial charge is 0.360 e. The first-order chi connectivity index (χ1) is 12.7. The lowest BCUT2D eigenvalue weighted by Gasteiger charge is -2.04. The minimum atomic E-state index is -4.17. The van der Waals surface area contributed by atoms with Crippen molar-refractivity contribution in [3.8, 4) is 11.1 Å². The van der Waals surface area contributed by atoms with Crippen molar-refractivity contribution in [1.82, 2.24) is 14.9 Å². The molecule has 0 saturated carbocycles. The Hall–Kier alpha value is -2.49. The van der Waals surface area contributed by atoms with Crippen LogP contribution in [0.25, 0.3) is 11.1 Å². The molecule has 0 bridgehead atoms. The van der Waals surface area contributed by atoms with Crippen LogP contribution < -0.4 is 0 Å². The van der Waals surface area contributed by atoms with Crippen LogP contribution in [0.3, 0.4) is 0 Å². The van der Waals surface area contributed by atoms with Crippen molar-refractivity contribution in [2.45, 2.75) is 13.3 Å². The second-order valence-corrected chi connectivity index (χ2v) is 8.01. The Morgan fingerprint density at radius 2 is 1.96 bits per heavy atom. The zero-order valence-electron chi connectivity index (χ0n) is 14.5. The minimum Gasteiger partial charge on any atom is -0.360 e. The van der Waals surface area contributed by atoms with Gasteiger partial charge in [-0.15, -0.1) is 0 Å². The van der Waals surface area contributed by atoms with Crippen molar-refractivity contribution in [3.05, 3.63) is 58.2 Å². The molecule has 2 heterocycles. The molecule has 0 saturated heterocycles. The zero-order valence-corrected chi connectivity index (χ0v) is 16.1. The predicted octanol–water partition coefficient (Wildman–Crippen LogP) is 2.70. The summed E-state index contributed by atoms with van der Waals surface area (Å²) in [5, 5.41) is 8.63. The van der Waals surface area contributed by atoms with Crippen LogP contribution in [0.15, 0.2) is 35.0 Å². The molecule has 0 atom stereocenters.